The molecule has 3 nitrogen and oxygen atoms in total. The van der Waals surface area contributed by atoms with Crippen molar-refractivity contribution in [3.8, 4) is 0 Å². The van der Waals surface area contributed by atoms with E-state index in [0.717, 1.165) is 45.4 Å². The second-order valence-electron chi connectivity index (χ2n) is 10.0. The molecule has 0 N–H and O–H groups in total. The molecule has 3 fully saturated rings. The first kappa shape index (κ1) is 20.8. The van der Waals surface area contributed by atoms with E-state index < -0.39 is 0 Å². The number of carbonyl (C=O) groups is 1. The van der Waals surface area contributed by atoms with Crippen molar-refractivity contribution in [2.45, 2.75) is 69.4 Å². The summed E-state index contributed by atoms with van der Waals surface area (Å²) in [5, 5.41) is 0. The Balaban J connectivity index is 1.42. The van der Waals surface area contributed by atoms with Crippen LogP contribution >= 0.6 is 0 Å². The number of hydrogen-bond donors (Lipinski definition) is 0. The van der Waals surface area contributed by atoms with Gasteiger partial charge in [0.15, 0.2) is 0 Å². The summed E-state index contributed by atoms with van der Waals surface area (Å²) in [7, 11) is 0. The van der Waals surface area contributed by atoms with Gasteiger partial charge in [-0.1, -0.05) is 73.5 Å². The largest absolute Gasteiger partial charge is 0.381 e. The Hall–Kier alpha value is -2.13. The maximum Gasteiger partial charge on any atom is 0.223 e. The zero-order valence-corrected chi connectivity index (χ0v) is 18.5. The zero-order chi connectivity index (χ0) is 21.1. The van der Waals surface area contributed by atoms with Crippen LogP contribution in [0.2, 0.25) is 0 Å². The molecular weight excluding hydrogens is 382 g/mol. The highest BCUT2D eigenvalue weighted by Gasteiger charge is 2.52. The summed E-state index contributed by atoms with van der Waals surface area (Å²) in [6.45, 7) is 2.37. The van der Waals surface area contributed by atoms with Crippen molar-refractivity contribution in [3.63, 3.8) is 0 Å². The van der Waals surface area contributed by atoms with Crippen LogP contribution in [-0.2, 0) is 21.5 Å². The second-order valence-corrected chi connectivity index (χ2v) is 10.0. The van der Waals surface area contributed by atoms with Gasteiger partial charge in [0.05, 0.1) is 6.61 Å². The van der Waals surface area contributed by atoms with Gasteiger partial charge in [-0.3, -0.25) is 4.79 Å². The quantitative estimate of drug-likeness (QED) is 0.600. The predicted octanol–water partition coefficient (Wildman–Crippen LogP) is 5.73. The van der Waals surface area contributed by atoms with Crippen LogP contribution in [0.1, 0.15) is 62.5 Å². The molecule has 0 radical (unpaired) electrons. The Kier molecular flexibility index (Phi) is 6.13. The van der Waals surface area contributed by atoms with Gasteiger partial charge in [-0.05, 0) is 55.1 Å². The van der Waals surface area contributed by atoms with E-state index in [1.165, 1.54) is 36.8 Å². The number of hydrogen-bond acceptors (Lipinski definition) is 2. The molecule has 2 saturated carbocycles. The van der Waals surface area contributed by atoms with Crippen molar-refractivity contribution in [2.75, 3.05) is 13.2 Å². The molecule has 2 aliphatic carbocycles. The Morgan fingerprint density at radius 1 is 0.968 bits per heavy atom. The third kappa shape index (κ3) is 4.30. The highest BCUT2D eigenvalue weighted by Crippen LogP contribution is 2.51. The van der Waals surface area contributed by atoms with Gasteiger partial charge in [-0.2, -0.15) is 0 Å². The molecule has 1 heterocycles. The molecule has 3 aliphatic rings. The maximum absolute atomic E-state index is 13.6. The zero-order valence-electron chi connectivity index (χ0n) is 18.5. The first-order valence-electron chi connectivity index (χ1n) is 12.2. The molecule has 5 rings (SSSR count). The van der Waals surface area contributed by atoms with E-state index in [9.17, 15) is 4.79 Å². The number of nitrogens with zero attached hydrogens (tertiary/aromatic N) is 1. The van der Waals surface area contributed by atoms with Crippen molar-refractivity contribution in [2.24, 2.45) is 11.8 Å². The Morgan fingerprint density at radius 2 is 1.68 bits per heavy atom. The van der Waals surface area contributed by atoms with Crippen molar-refractivity contribution >= 4 is 5.91 Å². The lowest BCUT2D eigenvalue weighted by atomic mass is 9.70. The van der Waals surface area contributed by atoms with E-state index in [1.807, 2.05) is 0 Å². The van der Waals surface area contributed by atoms with E-state index in [0.29, 0.717) is 23.8 Å². The minimum Gasteiger partial charge on any atom is -0.381 e. The van der Waals surface area contributed by atoms with Crippen molar-refractivity contribution in [1.82, 2.24) is 4.90 Å². The summed E-state index contributed by atoms with van der Waals surface area (Å²) in [4.78, 5) is 15.9. The van der Waals surface area contributed by atoms with Crippen LogP contribution in [0.3, 0.4) is 0 Å². The standard InChI is InChI=1S/C28H35NO2/c30-27(17-22-9-7-8-10-22)29(20-23-11-3-1-4-12-23)26-18-25-15-16-31-21-28(25,19-26)24-13-5-2-6-14-24/h1-6,11-14,22,25-26H,7-10,15-21H2/t25-,26+,28-/m1/s1. The molecule has 31 heavy (non-hydrogen) atoms. The number of fused-ring (bicyclic) bond motifs is 1. The number of ether oxygens (including phenoxy) is 1. The van der Waals surface area contributed by atoms with E-state index in [-0.39, 0.29) is 5.41 Å². The van der Waals surface area contributed by atoms with Crippen LogP contribution in [0, 0.1) is 11.8 Å². The highest BCUT2D eigenvalue weighted by molar-refractivity contribution is 5.77. The normalized spacial score (nSPS) is 28.4. The first-order chi connectivity index (χ1) is 15.2. The topological polar surface area (TPSA) is 29.5 Å². The Labute approximate surface area is 186 Å². The number of benzene rings is 2. The molecule has 164 valence electrons. The van der Waals surface area contributed by atoms with Crippen LogP contribution < -0.4 is 0 Å². The van der Waals surface area contributed by atoms with Crippen LogP contribution in [0.15, 0.2) is 60.7 Å². The molecule has 1 aliphatic heterocycles. The van der Waals surface area contributed by atoms with Crippen LogP contribution in [-0.4, -0.2) is 30.1 Å². The number of carbonyl (C=O) groups excluding carboxylic acids is 1. The molecule has 1 amide bonds. The Morgan fingerprint density at radius 3 is 2.42 bits per heavy atom. The summed E-state index contributed by atoms with van der Waals surface area (Å²) in [5.74, 6) is 1.54. The smallest absolute Gasteiger partial charge is 0.223 e. The lowest BCUT2D eigenvalue weighted by molar-refractivity contribution is -0.135. The lowest BCUT2D eigenvalue weighted by Gasteiger charge is -2.40. The third-order valence-corrected chi connectivity index (χ3v) is 8.15. The van der Waals surface area contributed by atoms with E-state index >= 15 is 0 Å². The van der Waals surface area contributed by atoms with Gasteiger partial charge in [0.25, 0.3) is 0 Å². The third-order valence-electron chi connectivity index (χ3n) is 8.15. The molecule has 3 heteroatoms. The van der Waals surface area contributed by atoms with Crippen molar-refractivity contribution < 1.29 is 9.53 Å². The fraction of sp³-hybridized carbons (Fsp3) is 0.536. The van der Waals surface area contributed by atoms with Gasteiger partial charge >= 0.3 is 0 Å². The first-order valence-corrected chi connectivity index (χ1v) is 12.2. The maximum atomic E-state index is 13.6. The van der Waals surface area contributed by atoms with Gasteiger partial charge in [0.2, 0.25) is 5.91 Å². The van der Waals surface area contributed by atoms with Gasteiger partial charge in [-0.25, -0.2) is 0 Å². The molecule has 0 unspecified atom stereocenters. The van der Waals surface area contributed by atoms with Gasteiger partial charge in [-0.15, -0.1) is 0 Å². The summed E-state index contributed by atoms with van der Waals surface area (Å²) in [5.41, 5.74) is 2.68. The molecule has 2 aromatic carbocycles. The molecular formula is C28H35NO2. The Bertz CT molecular complexity index is 861. The van der Waals surface area contributed by atoms with Gasteiger partial charge in [0.1, 0.15) is 0 Å². The average Bonchev–Trinajstić information content (AvgIpc) is 3.47. The average molecular weight is 418 g/mol. The van der Waals surface area contributed by atoms with Crippen LogP contribution in [0.4, 0.5) is 0 Å². The number of rotatable bonds is 6. The molecule has 0 bridgehead atoms. The summed E-state index contributed by atoms with van der Waals surface area (Å²) < 4.78 is 6.05. The minimum atomic E-state index is 0.0484. The van der Waals surface area contributed by atoms with E-state index in [1.54, 1.807) is 0 Å². The molecule has 1 saturated heterocycles. The van der Waals surface area contributed by atoms with Gasteiger partial charge < -0.3 is 9.64 Å². The summed E-state index contributed by atoms with van der Waals surface area (Å²) >= 11 is 0. The molecule has 2 aromatic rings. The molecule has 0 aromatic heterocycles. The fourth-order valence-corrected chi connectivity index (χ4v) is 6.50. The van der Waals surface area contributed by atoms with Crippen LogP contribution in [0.25, 0.3) is 0 Å². The SMILES string of the molecule is O=C(CC1CCCC1)N(Cc1ccccc1)[C@H]1C[C@H]2CCOC[C@@]2(c2ccccc2)C1. The van der Waals surface area contributed by atoms with Crippen LogP contribution in [0.5, 0.6) is 0 Å². The summed E-state index contributed by atoms with van der Waals surface area (Å²) in [6, 6.07) is 21.8. The summed E-state index contributed by atoms with van der Waals surface area (Å²) in [6.07, 6.45) is 8.96. The van der Waals surface area contributed by atoms with Crippen molar-refractivity contribution in [1.29, 1.82) is 0 Å². The predicted molar refractivity (Wildman–Crippen MR) is 124 cm³/mol. The molecule has 0 spiro atoms. The van der Waals surface area contributed by atoms with E-state index in [2.05, 4.69) is 65.6 Å². The van der Waals surface area contributed by atoms with Gasteiger partial charge in [0, 0.05) is 31.0 Å². The lowest BCUT2D eigenvalue weighted by Crippen LogP contribution is -2.42. The minimum absolute atomic E-state index is 0.0484. The highest BCUT2D eigenvalue weighted by atomic mass is 16.5. The monoisotopic (exact) mass is 417 g/mol. The van der Waals surface area contributed by atoms with Crippen molar-refractivity contribution in [3.05, 3.63) is 71.8 Å². The van der Waals surface area contributed by atoms with E-state index in [4.69, 9.17) is 4.74 Å². The molecule has 3 atom stereocenters. The number of amides is 1. The fourth-order valence-electron chi connectivity index (χ4n) is 6.50. The second kappa shape index (κ2) is 9.16.